The number of nitriles is 1. The van der Waals surface area contributed by atoms with E-state index in [1.807, 2.05) is 12.1 Å². The van der Waals surface area contributed by atoms with E-state index in [1.54, 1.807) is 0 Å². The SMILES string of the molecule is N#CC1CCCC(N(c2ccc(-c3ccccc3)cc2)c2ccc(-c3ccccc3)cc2)C1. The Kier molecular flexibility index (Phi) is 6.22. The van der Waals surface area contributed by atoms with E-state index >= 15 is 0 Å². The largest absolute Gasteiger partial charge is 0.338 e. The van der Waals surface area contributed by atoms with Gasteiger partial charge in [0, 0.05) is 23.3 Å². The Morgan fingerprint density at radius 3 is 1.48 bits per heavy atom. The molecule has 0 heterocycles. The van der Waals surface area contributed by atoms with Crippen LogP contribution >= 0.6 is 0 Å². The molecule has 0 aromatic heterocycles. The first-order valence-corrected chi connectivity index (χ1v) is 11.8. The molecule has 2 unspecified atom stereocenters. The number of benzene rings is 4. The highest BCUT2D eigenvalue weighted by atomic mass is 15.2. The van der Waals surface area contributed by atoms with Crippen LogP contribution in [0.2, 0.25) is 0 Å². The molecule has 162 valence electrons. The van der Waals surface area contributed by atoms with Crippen LogP contribution in [0.25, 0.3) is 22.3 Å². The number of hydrogen-bond donors (Lipinski definition) is 0. The predicted octanol–water partition coefficient (Wildman–Crippen LogP) is 8.24. The summed E-state index contributed by atoms with van der Waals surface area (Å²) in [4.78, 5) is 2.45. The van der Waals surface area contributed by atoms with Crippen LogP contribution in [0.15, 0.2) is 109 Å². The van der Waals surface area contributed by atoms with E-state index in [4.69, 9.17) is 0 Å². The first kappa shape index (κ1) is 21.0. The number of rotatable bonds is 5. The summed E-state index contributed by atoms with van der Waals surface area (Å²) in [6.45, 7) is 0. The van der Waals surface area contributed by atoms with Gasteiger partial charge in [-0.1, -0.05) is 91.3 Å². The zero-order valence-corrected chi connectivity index (χ0v) is 18.8. The molecule has 2 nitrogen and oxygen atoms in total. The van der Waals surface area contributed by atoms with Gasteiger partial charge < -0.3 is 4.90 Å². The van der Waals surface area contributed by atoms with Gasteiger partial charge in [-0.05, 0) is 65.8 Å². The summed E-state index contributed by atoms with van der Waals surface area (Å²) >= 11 is 0. The smallest absolute Gasteiger partial charge is 0.0656 e. The number of hydrogen-bond acceptors (Lipinski definition) is 2. The Labute approximate surface area is 196 Å². The molecule has 5 rings (SSSR count). The van der Waals surface area contributed by atoms with Crippen LogP contribution in [0.3, 0.4) is 0 Å². The molecule has 33 heavy (non-hydrogen) atoms. The molecule has 2 heteroatoms. The Hall–Kier alpha value is -3.83. The van der Waals surface area contributed by atoms with Crippen LogP contribution < -0.4 is 4.90 Å². The Bertz CT molecular complexity index is 1120. The third-order valence-corrected chi connectivity index (χ3v) is 6.70. The van der Waals surface area contributed by atoms with E-state index in [9.17, 15) is 5.26 Å². The van der Waals surface area contributed by atoms with Crippen LogP contribution in [0.1, 0.15) is 25.7 Å². The fourth-order valence-corrected chi connectivity index (χ4v) is 4.98. The minimum atomic E-state index is 0.137. The summed E-state index contributed by atoms with van der Waals surface area (Å²) in [6, 6.07) is 41.6. The van der Waals surface area contributed by atoms with Crippen molar-refractivity contribution < 1.29 is 0 Å². The van der Waals surface area contributed by atoms with Crippen LogP contribution in [0.5, 0.6) is 0 Å². The average Bonchev–Trinajstić information content (AvgIpc) is 2.91. The number of nitrogens with zero attached hydrogens (tertiary/aromatic N) is 2. The quantitative estimate of drug-likeness (QED) is 0.320. The van der Waals surface area contributed by atoms with Crippen LogP contribution in [0.4, 0.5) is 11.4 Å². The molecule has 0 saturated heterocycles. The summed E-state index contributed by atoms with van der Waals surface area (Å²) in [5.41, 5.74) is 7.26. The molecule has 1 aliphatic rings. The minimum absolute atomic E-state index is 0.137. The third-order valence-electron chi connectivity index (χ3n) is 6.70. The van der Waals surface area contributed by atoms with Crippen molar-refractivity contribution in [1.82, 2.24) is 0 Å². The lowest BCUT2D eigenvalue weighted by Crippen LogP contribution is -2.35. The van der Waals surface area contributed by atoms with Crippen molar-refractivity contribution in [1.29, 1.82) is 5.26 Å². The first-order chi connectivity index (χ1) is 16.3. The lowest BCUT2D eigenvalue weighted by molar-refractivity contribution is 0.375. The lowest BCUT2D eigenvalue weighted by atomic mass is 9.85. The summed E-state index contributed by atoms with van der Waals surface area (Å²) in [6.07, 6.45) is 4.14. The van der Waals surface area contributed by atoms with Gasteiger partial charge in [-0.15, -0.1) is 0 Å². The van der Waals surface area contributed by atoms with Gasteiger partial charge in [0.2, 0.25) is 0 Å². The number of anilines is 2. The molecule has 1 aliphatic carbocycles. The molecule has 2 atom stereocenters. The summed E-state index contributed by atoms with van der Waals surface area (Å²) in [5.74, 6) is 0.137. The van der Waals surface area contributed by atoms with E-state index in [0.29, 0.717) is 6.04 Å². The molecule has 0 N–H and O–H groups in total. The molecular formula is C31H28N2. The van der Waals surface area contributed by atoms with Crippen molar-refractivity contribution in [2.45, 2.75) is 31.7 Å². The van der Waals surface area contributed by atoms with Gasteiger partial charge in [0.05, 0.1) is 6.07 Å². The monoisotopic (exact) mass is 428 g/mol. The maximum absolute atomic E-state index is 9.59. The molecule has 0 spiro atoms. The molecule has 4 aromatic rings. The zero-order chi connectivity index (χ0) is 22.5. The van der Waals surface area contributed by atoms with Crippen LogP contribution in [-0.2, 0) is 0 Å². The topological polar surface area (TPSA) is 27.0 Å². The highest BCUT2D eigenvalue weighted by molar-refractivity contribution is 5.72. The Morgan fingerprint density at radius 1 is 0.576 bits per heavy atom. The van der Waals surface area contributed by atoms with E-state index in [-0.39, 0.29) is 5.92 Å². The standard InChI is InChI=1S/C31H28N2/c32-23-24-8-7-13-31(22-24)33(29-18-14-27(15-19-29)25-9-3-1-4-10-25)30-20-16-28(17-21-30)26-11-5-2-6-12-26/h1-6,9-12,14-21,24,31H,7-8,13,22H2. The van der Waals surface area contributed by atoms with Gasteiger partial charge in [-0.2, -0.15) is 5.26 Å². The van der Waals surface area contributed by atoms with Crippen molar-refractivity contribution in [3.63, 3.8) is 0 Å². The lowest BCUT2D eigenvalue weighted by Gasteiger charge is -2.37. The van der Waals surface area contributed by atoms with Gasteiger partial charge in [0.15, 0.2) is 0 Å². The van der Waals surface area contributed by atoms with E-state index in [1.165, 1.54) is 33.6 Å². The Morgan fingerprint density at radius 2 is 1.03 bits per heavy atom. The second-order valence-electron chi connectivity index (χ2n) is 8.84. The molecular weight excluding hydrogens is 400 g/mol. The Balaban J connectivity index is 1.49. The van der Waals surface area contributed by atoms with E-state index in [0.717, 1.165) is 25.7 Å². The maximum atomic E-state index is 9.59. The molecule has 0 bridgehead atoms. The highest BCUT2D eigenvalue weighted by Crippen LogP contribution is 2.37. The normalized spacial score (nSPS) is 17.8. The molecule has 1 saturated carbocycles. The molecule has 1 fully saturated rings. The minimum Gasteiger partial charge on any atom is -0.338 e. The van der Waals surface area contributed by atoms with E-state index in [2.05, 4.69) is 108 Å². The van der Waals surface area contributed by atoms with Crippen molar-refractivity contribution in [2.24, 2.45) is 5.92 Å². The van der Waals surface area contributed by atoms with Gasteiger partial charge in [-0.25, -0.2) is 0 Å². The van der Waals surface area contributed by atoms with Crippen LogP contribution in [-0.4, -0.2) is 6.04 Å². The van der Waals surface area contributed by atoms with Crippen LogP contribution in [0, 0.1) is 17.2 Å². The van der Waals surface area contributed by atoms with Crippen molar-refractivity contribution in [3.05, 3.63) is 109 Å². The second-order valence-corrected chi connectivity index (χ2v) is 8.84. The fraction of sp³-hybridized carbons (Fsp3) is 0.194. The van der Waals surface area contributed by atoms with Gasteiger partial charge in [0.25, 0.3) is 0 Å². The van der Waals surface area contributed by atoms with Gasteiger partial charge in [-0.3, -0.25) is 0 Å². The second kappa shape index (κ2) is 9.76. The molecule has 0 radical (unpaired) electrons. The molecule has 0 aliphatic heterocycles. The highest BCUT2D eigenvalue weighted by Gasteiger charge is 2.28. The molecule has 0 amide bonds. The summed E-state index contributed by atoms with van der Waals surface area (Å²) in [5, 5.41) is 9.59. The van der Waals surface area contributed by atoms with Crippen molar-refractivity contribution >= 4 is 11.4 Å². The van der Waals surface area contributed by atoms with Gasteiger partial charge in [0.1, 0.15) is 0 Å². The maximum Gasteiger partial charge on any atom is 0.0656 e. The van der Waals surface area contributed by atoms with Crippen molar-refractivity contribution in [3.8, 4) is 28.3 Å². The molecule has 4 aromatic carbocycles. The average molecular weight is 429 g/mol. The summed E-state index contributed by atoms with van der Waals surface area (Å²) < 4.78 is 0. The van der Waals surface area contributed by atoms with Gasteiger partial charge >= 0.3 is 0 Å². The van der Waals surface area contributed by atoms with Crippen molar-refractivity contribution in [2.75, 3.05) is 4.90 Å². The fourth-order valence-electron chi connectivity index (χ4n) is 4.98. The van der Waals surface area contributed by atoms with E-state index < -0.39 is 0 Å². The predicted molar refractivity (Wildman–Crippen MR) is 137 cm³/mol. The first-order valence-electron chi connectivity index (χ1n) is 11.8. The zero-order valence-electron chi connectivity index (χ0n) is 18.8. The third kappa shape index (κ3) is 4.69. The summed E-state index contributed by atoms with van der Waals surface area (Å²) in [7, 11) is 0.